The number of nitrogens with two attached hydrogens (primary N) is 2. The molecule has 1 aromatic rings. The van der Waals surface area contributed by atoms with Crippen LogP contribution >= 0.6 is 0 Å². The molecule has 0 amide bonds. The van der Waals surface area contributed by atoms with Crippen molar-refractivity contribution in [3.63, 3.8) is 0 Å². The number of benzene rings is 1. The van der Waals surface area contributed by atoms with Gasteiger partial charge < -0.3 is 21.3 Å². The molecule has 0 aromatic heterocycles. The molecule has 2 aliphatic carbocycles. The third kappa shape index (κ3) is 4.39. The lowest BCUT2D eigenvalue weighted by molar-refractivity contribution is 0.177. The molecule has 1 saturated carbocycles. The van der Waals surface area contributed by atoms with E-state index in [-0.39, 0.29) is 17.7 Å². The van der Waals surface area contributed by atoms with Crippen molar-refractivity contribution < 1.29 is 9.84 Å². The van der Waals surface area contributed by atoms with Crippen LogP contribution in [0.15, 0.2) is 18.2 Å². The van der Waals surface area contributed by atoms with Crippen LogP contribution in [0.3, 0.4) is 0 Å². The van der Waals surface area contributed by atoms with E-state index in [0.717, 1.165) is 31.4 Å². The molecule has 0 heterocycles. The molecule has 2 aliphatic rings. The third-order valence-electron chi connectivity index (χ3n) is 7.27. The minimum Gasteiger partial charge on any atom is -0.493 e. The van der Waals surface area contributed by atoms with Crippen molar-refractivity contribution in [1.29, 1.82) is 0 Å². The molecular weight excluding hydrogens is 348 g/mol. The van der Waals surface area contributed by atoms with E-state index in [2.05, 4.69) is 19.1 Å². The lowest BCUT2D eigenvalue weighted by Gasteiger charge is -2.48. The Balaban J connectivity index is 1.66. The van der Waals surface area contributed by atoms with Gasteiger partial charge in [0, 0.05) is 24.1 Å². The van der Waals surface area contributed by atoms with Gasteiger partial charge in [-0.1, -0.05) is 57.6 Å². The summed E-state index contributed by atoms with van der Waals surface area (Å²) in [4.78, 5) is 0. The zero-order chi connectivity index (χ0) is 20.0. The van der Waals surface area contributed by atoms with Crippen molar-refractivity contribution in [3.05, 3.63) is 29.3 Å². The molecule has 1 aromatic carbocycles. The first-order valence-corrected chi connectivity index (χ1v) is 11.5. The van der Waals surface area contributed by atoms with Crippen LogP contribution in [-0.2, 0) is 12.8 Å². The van der Waals surface area contributed by atoms with Gasteiger partial charge in [-0.15, -0.1) is 0 Å². The number of ether oxygens (including phenoxy) is 1. The molecule has 0 radical (unpaired) electrons. The van der Waals surface area contributed by atoms with Crippen molar-refractivity contribution in [2.24, 2.45) is 17.4 Å². The fourth-order valence-electron chi connectivity index (χ4n) is 5.46. The standard InChI is InChI=1S/C24H40N2O2/c1-2-3-4-5-6-7-11-20-13-14-23(25)18-21-19(17-24(20,23)26)10-8-12-22(21)28-16-9-15-27/h8,10,12,20,27H,2-7,9,11,13-18,25-26H2,1H3. The predicted octanol–water partition coefficient (Wildman–Crippen LogP) is 4.10. The van der Waals surface area contributed by atoms with Crippen LogP contribution < -0.4 is 16.2 Å². The van der Waals surface area contributed by atoms with Gasteiger partial charge in [0.2, 0.25) is 0 Å². The quantitative estimate of drug-likeness (QED) is 0.499. The number of unbranched alkanes of at least 4 members (excludes halogenated alkanes) is 5. The Morgan fingerprint density at radius 1 is 1.07 bits per heavy atom. The van der Waals surface area contributed by atoms with Gasteiger partial charge in [-0.2, -0.15) is 0 Å². The van der Waals surface area contributed by atoms with Gasteiger partial charge in [0.05, 0.1) is 6.61 Å². The first kappa shape index (κ1) is 21.6. The van der Waals surface area contributed by atoms with Crippen LogP contribution in [0.25, 0.3) is 0 Å². The van der Waals surface area contributed by atoms with Gasteiger partial charge in [-0.25, -0.2) is 0 Å². The molecule has 3 unspecified atom stereocenters. The van der Waals surface area contributed by atoms with Crippen molar-refractivity contribution in [2.75, 3.05) is 13.2 Å². The maximum Gasteiger partial charge on any atom is 0.122 e. The molecule has 0 spiro atoms. The van der Waals surface area contributed by atoms with Gasteiger partial charge in [0.15, 0.2) is 0 Å². The molecule has 158 valence electrons. The number of aliphatic hydroxyl groups is 1. The van der Waals surface area contributed by atoms with E-state index in [4.69, 9.17) is 21.3 Å². The summed E-state index contributed by atoms with van der Waals surface area (Å²) in [6.07, 6.45) is 13.7. The topological polar surface area (TPSA) is 81.5 Å². The van der Waals surface area contributed by atoms with Crippen LogP contribution in [-0.4, -0.2) is 29.4 Å². The molecule has 4 heteroatoms. The smallest absolute Gasteiger partial charge is 0.122 e. The number of rotatable bonds is 11. The Labute approximate surface area is 171 Å². The van der Waals surface area contributed by atoms with Gasteiger partial charge in [0.25, 0.3) is 0 Å². The van der Waals surface area contributed by atoms with Crippen LogP contribution in [0.2, 0.25) is 0 Å². The van der Waals surface area contributed by atoms with E-state index in [1.807, 2.05) is 6.07 Å². The zero-order valence-electron chi connectivity index (χ0n) is 17.7. The molecule has 28 heavy (non-hydrogen) atoms. The highest BCUT2D eigenvalue weighted by Crippen LogP contribution is 2.51. The highest BCUT2D eigenvalue weighted by Gasteiger charge is 2.57. The van der Waals surface area contributed by atoms with Crippen LogP contribution in [0.5, 0.6) is 5.75 Å². The largest absolute Gasteiger partial charge is 0.493 e. The number of hydrogen-bond donors (Lipinski definition) is 3. The summed E-state index contributed by atoms with van der Waals surface area (Å²) >= 11 is 0. The average molecular weight is 389 g/mol. The molecule has 0 saturated heterocycles. The molecular formula is C24H40N2O2. The second-order valence-corrected chi connectivity index (χ2v) is 9.16. The normalized spacial score (nSPS) is 28.8. The van der Waals surface area contributed by atoms with Gasteiger partial charge in [0.1, 0.15) is 5.75 Å². The van der Waals surface area contributed by atoms with Gasteiger partial charge in [-0.05, 0) is 55.2 Å². The maximum absolute atomic E-state index is 9.02. The average Bonchev–Trinajstić information content (AvgIpc) is 2.93. The Bertz CT molecular complexity index is 635. The van der Waals surface area contributed by atoms with Crippen molar-refractivity contribution in [2.45, 2.75) is 95.1 Å². The highest BCUT2D eigenvalue weighted by atomic mass is 16.5. The molecule has 0 bridgehead atoms. The van der Waals surface area contributed by atoms with Crippen molar-refractivity contribution >= 4 is 0 Å². The third-order valence-corrected chi connectivity index (χ3v) is 7.27. The summed E-state index contributed by atoms with van der Waals surface area (Å²) in [6, 6.07) is 6.30. The molecule has 1 fully saturated rings. The first-order valence-electron chi connectivity index (χ1n) is 11.5. The molecule has 5 N–H and O–H groups in total. The van der Waals surface area contributed by atoms with Crippen LogP contribution in [0, 0.1) is 5.92 Å². The second kappa shape index (κ2) is 9.60. The van der Waals surface area contributed by atoms with E-state index in [9.17, 15) is 0 Å². The summed E-state index contributed by atoms with van der Waals surface area (Å²) in [7, 11) is 0. The number of aliphatic hydroxyl groups excluding tert-OH is 1. The summed E-state index contributed by atoms with van der Waals surface area (Å²) in [5, 5.41) is 9.02. The van der Waals surface area contributed by atoms with E-state index in [1.54, 1.807) is 0 Å². The molecule has 3 rings (SSSR count). The zero-order valence-corrected chi connectivity index (χ0v) is 17.7. The van der Waals surface area contributed by atoms with Crippen molar-refractivity contribution in [1.82, 2.24) is 0 Å². The Morgan fingerprint density at radius 2 is 1.86 bits per heavy atom. The predicted molar refractivity (Wildman–Crippen MR) is 116 cm³/mol. The van der Waals surface area contributed by atoms with Gasteiger partial charge >= 0.3 is 0 Å². The lowest BCUT2D eigenvalue weighted by atomic mass is 9.64. The second-order valence-electron chi connectivity index (χ2n) is 9.16. The minimum atomic E-state index is -0.330. The Morgan fingerprint density at radius 3 is 2.64 bits per heavy atom. The summed E-state index contributed by atoms with van der Waals surface area (Å²) in [5.41, 5.74) is 16.0. The molecule has 4 nitrogen and oxygen atoms in total. The molecule has 0 aliphatic heterocycles. The van der Waals surface area contributed by atoms with E-state index in [0.29, 0.717) is 18.9 Å². The fourth-order valence-corrected chi connectivity index (χ4v) is 5.46. The minimum absolute atomic E-state index is 0.155. The maximum atomic E-state index is 9.02. The van der Waals surface area contributed by atoms with Gasteiger partial charge in [-0.3, -0.25) is 0 Å². The number of hydrogen-bond acceptors (Lipinski definition) is 4. The summed E-state index contributed by atoms with van der Waals surface area (Å²) in [6.45, 7) is 2.96. The number of fused-ring (bicyclic) bond motifs is 2. The lowest BCUT2D eigenvalue weighted by Crippen LogP contribution is -2.69. The fraction of sp³-hybridized carbons (Fsp3) is 0.750. The van der Waals surface area contributed by atoms with E-state index >= 15 is 0 Å². The highest BCUT2D eigenvalue weighted by molar-refractivity contribution is 5.47. The monoisotopic (exact) mass is 388 g/mol. The van der Waals surface area contributed by atoms with Crippen LogP contribution in [0.1, 0.15) is 82.3 Å². The Hall–Kier alpha value is -1.10. The SMILES string of the molecule is CCCCCCCCC1CCC2(N)Cc3c(cccc3OCCCO)CC12N. The Kier molecular flexibility index (Phi) is 7.41. The van der Waals surface area contributed by atoms with Crippen molar-refractivity contribution in [3.8, 4) is 5.75 Å². The molecule has 3 atom stereocenters. The summed E-state index contributed by atoms with van der Waals surface area (Å²) in [5.74, 6) is 1.45. The van der Waals surface area contributed by atoms with Crippen LogP contribution in [0.4, 0.5) is 0 Å². The first-order chi connectivity index (χ1) is 13.5. The van der Waals surface area contributed by atoms with E-state index < -0.39 is 0 Å². The van der Waals surface area contributed by atoms with E-state index in [1.165, 1.54) is 56.1 Å². The summed E-state index contributed by atoms with van der Waals surface area (Å²) < 4.78 is 5.95.